The van der Waals surface area contributed by atoms with Crippen LogP contribution in [0.2, 0.25) is 0 Å². The Hall–Kier alpha value is -2.36. The van der Waals surface area contributed by atoms with E-state index in [-0.39, 0.29) is 11.7 Å². The Morgan fingerprint density at radius 2 is 1.57 bits per heavy atom. The Bertz CT molecular complexity index is 699. The maximum Gasteiger partial charge on any atom is 0.228 e. The van der Waals surface area contributed by atoms with Crippen molar-refractivity contribution in [1.82, 2.24) is 15.0 Å². The molecule has 0 aliphatic heterocycles. The zero-order valence-corrected chi connectivity index (χ0v) is 16.4. The third-order valence-electron chi connectivity index (χ3n) is 3.70. The van der Waals surface area contributed by atoms with Crippen LogP contribution in [0.25, 0.3) is 0 Å². The van der Waals surface area contributed by atoms with E-state index in [4.69, 9.17) is 15.2 Å². The molecule has 1 heterocycles. The van der Waals surface area contributed by atoms with Crippen LogP contribution in [-0.4, -0.2) is 54.5 Å². The molecule has 9 heteroatoms. The number of nitrogens with one attached hydrogen (secondary N) is 2. The number of rotatable bonds is 13. The van der Waals surface area contributed by atoms with Gasteiger partial charge in [-0.2, -0.15) is 15.0 Å². The van der Waals surface area contributed by atoms with Crippen molar-refractivity contribution in [1.29, 1.82) is 0 Å². The molecule has 0 amide bonds. The van der Waals surface area contributed by atoms with E-state index < -0.39 is 0 Å². The molecule has 0 fully saturated rings. The molecular weight excluding hydrogens is 363 g/mol. The predicted molar refractivity (Wildman–Crippen MR) is 107 cm³/mol. The lowest BCUT2D eigenvalue weighted by molar-refractivity contribution is 0.0547. The summed E-state index contributed by atoms with van der Waals surface area (Å²) in [5.41, 5.74) is 6.28. The fourth-order valence-corrected chi connectivity index (χ4v) is 2.23. The first-order valence-corrected chi connectivity index (χ1v) is 9.42. The van der Waals surface area contributed by atoms with Gasteiger partial charge in [-0.15, -0.1) is 0 Å². The van der Waals surface area contributed by atoms with Gasteiger partial charge in [-0.05, 0) is 17.7 Å². The molecule has 1 aromatic carbocycles. The molecule has 0 atom stereocenters. The minimum atomic E-state index is -0.259. The molecule has 8 nitrogen and oxygen atoms in total. The fraction of sp³-hybridized carbons (Fsp3) is 0.526. The van der Waals surface area contributed by atoms with Crippen LogP contribution < -0.4 is 16.4 Å². The molecule has 0 saturated carbocycles. The first-order valence-electron chi connectivity index (χ1n) is 9.42. The molecule has 0 bridgehead atoms. The second-order valence-electron chi connectivity index (χ2n) is 6.42. The van der Waals surface area contributed by atoms with E-state index >= 15 is 0 Å². The highest BCUT2D eigenvalue weighted by atomic mass is 19.1. The van der Waals surface area contributed by atoms with Crippen LogP contribution in [0.4, 0.5) is 16.3 Å². The van der Waals surface area contributed by atoms with Crippen LogP contribution in [0.1, 0.15) is 31.2 Å². The summed E-state index contributed by atoms with van der Waals surface area (Å²) in [5, 5.41) is 6.31. The Morgan fingerprint density at radius 1 is 0.929 bits per heavy atom. The molecule has 1 aromatic heterocycles. The van der Waals surface area contributed by atoms with E-state index in [1.54, 1.807) is 12.1 Å². The Kier molecular flexibility index (Phi) is 9.53. The molecule has 2 rings (SSSR count). The van der Waals surface area contributed by atoms with Crippen molar-refractivity contribution in [2.24, 2.45) is 5.73 Å². The number of halogens is 1. The number of nitrogens with two attached hydrogens (primary N) is 1. The van der Waals surface area contributed by atoms with E-state index in [9.17, 15) is 4.39 Å². The van der Waals surface area contributed by atoms with Crippen molar-refractivity contribution < 1.29 is 13.9 Å². The molecule has 28 heavy (non-hydrogen) atoms. The number of aromatic nitrogens is 3. The van der Waals surface area contributed by atoms with Crippen molar-refractivity contribution in [2.75, 3.05) is 50.2 Å². The largest absolute Gasteiger partial charge is 0.378 e. The van der Waals surface area contributed by atoms with Gasteiger partial charge >= 0.3 is 0 Å². The average Bonchev–Trinajstić information content (AvgIpc) is 2.69. The summed E-state index contributed by atoms with van der Waals surface area (Å²) in [6.07, 6.45) is 0. The van der Waals surface area contributed by atoms with Crippen molar-refractivity contribution in [2.45, 2.75) is 26.3 Å². The second kappa shape index (κ2) is 12.2. The quantitative estimate of drug-likeness (QED) is 0.445. The lowest BCUT2D eigenvalue weighted by Gasteiger charge is -2.12. The Labute approximate surface area is 165 Å². The van der Waals surface area contributed by atoms with E-state index in [1.807, 2.05) is 13.8 Å². The van der Waals surface area contributed by atoms with Gasteiger partial charge in [-0.3, -0.25) is 0 Å². The summed E-state index contributed by atoms with van der Waals surface area (Å²) in [4.78, 5) is 13.3. The van der Waals surface area contributed by atoms with E-state index in [2.05, 4.69) is 25.6 Å². The number of hydrogen-bond donors (Lipinski definition) is 3. The summed E-state index contributed by atoms with van der Waals surface area (Å²) in [7, 11) is 0. The molecule has 4 N–H and O–H groups in total. The summed E-state index contributed by atoms with van der Waals surface area (Å²) in [6, 6.07) is 6.30. The summed E-state index contributed by atoms with van der Waals surface area (Å²) in [6.45, 7) is 7.70. The van der Waals surface area contributed by atoms with Crippen molar-refractivity contribution in [3.8, 4) is 0 Å². The highest BCUT2D eigenvalue weighted by Gasteiger charge is 2.09. The number of nitrogens with zero attached hydrogens (tertiary/aromatic N) is 3. The Morgan fingerprint density at radius 3 is 2.21 bits per heavy atom. The molecular formula is C19H29FN6O2. The number of ether oxygens (including phenoxy) is 2. The summed E-state index contributed by atoms with van der Waals surface area (Å²) >= 11 is 0. The second-order valence-corrected chi connectivity index (χ2v) is 6.42. The van der Waals surface area contributed by atoms with Crippen LogP contribution in [0.5, 0.6) is 0 Å². The SMILES string of the molecule is CC(C)c1nc(NCCOCCOCCN)nc(NCc2ccc(F)cc2)n1. The van der Waals surface area contributed by atoms with E-state index in [1.165, 1.54) is 12.1 Å². The summed E-state index contributed by atoms with van der Waals surface area (Å²) in [5.74, 6) is 1.55. The molecule has 154 valence electrons. The van der Waals surface area contributed by atoms with Crippen LogP contribution >= 0.6 is 0 Å². The predicted octanol–water partition coefficient (Wildman–Crippen LogP) is 2.15. The fourth-order valence-electron chi connectivity index (χ4n) is 2.23. The van der Waals surface area contributed by atoms with Gasteiger partial charge in [0.2, 0.25) is 11.9 Å². The van der Waals surface area contributed by atoms with Crippen molar-refractivity contribution >= 4 is 11.9 Å². The maximum atomic E-state index is 13.0. The van der Waals surface area contributed by atoms with E-state index in [0.29, 0.717) is 63.8 Å². The van der Waals surface area contributed by atoms with Gasteiger partial charge in [0.25, 0.3) is 0 Å². The topological polar surface area (TPSA) is 107 Å². The number of anilines is 2. The molecule has 0 aliphatic carbocycles. The minimum absolute atomic E-state index is 0.158. The standard InChI is InChI=1S/C19H29FN6O2/c1-14(2)17-24-18(22-8-10-28-12-11-27-9-7-21)26-19(25-17)23-13-15-3-5-16(20)6-4-15/h3-6,14H,7-13,21H2,1-2H3,(H2,22,23,24,25,26). The van der Waals surface area contributed by atoms with Gasteiger partial charge in [0, 0.05) is 25.6 Å². The van der Waals surface area contributed by atoms with Gasteiger partial charge in [-0.25, -0.2) is 4.39 Å². The average molecular weight is 392 g/mol. The van der Waals surface area contributed by atoms with Gasteiger partial charge in [-0.1, -0.05) is 26.0 Å². The van der Waals surface area contributed by atoms with Gasteiger partial charge in [0.05, 0.1) is 26.4 Å². The van der Waals surface area contributed by atoms with Gasteiger partial charge in [0.15, 0.2) is 0 Å². The first kappa shape index (κ1) is 21.9. The van der Waals surface area contributed by atoms with Crippen molar-refractivity contribution in [3.05, 3.63) is 41.5 Å². The zero-order chi connectivity index (χ0) is 20.2. The zero-order valence-electron chi connectivity index (χ0n) is 16.4. The molecule has 0 unspecified atom stereocenters. The number of hydrogen-bond acceptors (Lipinski definition) is 8. The lowest BCUT2D eigenvalue weighted by Crippen LogP contribution is -2.17. The van der Waals surface area contributed by atoms with Crippen LogP contribution in [0.3, 0.4) is 0 Å². The summed E-state index contributed by atoms with van der Waals surface area (Å²) < 4.78 is 23.7. The maximum absolute atomic E-state index is 13.0. The van der Waals surface area contributed by atoms with E-state index in [0.717, 1.165) is 5.56 Å². The monoisotopic (exact) mass is 392 g/mol. The highest BCUT2D eigenvalue weighted by Crippen LogP contribution is 2.14. The minimum Gasteiger partial charge on any atom is -0.378 e. The lowest BCUT2D eigenvalue weighted by atomic mass is 10.2. The normalized spacial score (nSPS) is 11.0. The molecule has 2 aromatic rings. The van der Waals surface area contributed by atoms with Gasteiger partial charge in [0.1, 0.15) is 11.6 Å². The molecule has 0 aliphatic rings. The third-order valence-corrected chi connectivity index (χ3v) is 3.70. The highest BCUT2D eigenvalue weighted by molar-refractivity contribution is 5.36. The van der Waals surface area contributed by atoms with Crippen LogP contribution in [0, 0.1) is 5.82 Å². The van der Waals surface area contributed by atoms with Crippen LogP contribution in [0.15, 0.2) is 24.3 Å². The third kappa shape index (κ3) is 8.12. The molecule has 0 saturated heterocycles. The number of benzene rings is 1. The van der Waals surface area contributed by atoms with Gasteiger partial charge < -0.3 is 25.8 Å². The smallest absolute Gasteiger partial charge is 0.228 e. The molecule has 0 spiro atoms. The molecule has 0 radical (unpaired) electrons. The van der Waals surface area contributed by atoms with Crippen LogP contribution in [-0.2, 0) is 16.0 Å². The first-order chi connectivity index (χ1) is 13.6. The Balaban J connectivity index is 1.84. The van der Waals surface area contributed by atoms with Crippen molar-refractivity contribution in [3.63, 3.8) is 0 Å².